The molecule has 0 radical (unpaired) electrons. The van der Waals surface area contributed by atoms with Gasteiger partial charge in [-0.25, -0.2) is 0 Å². The van der Waals surface area contributed by atoms with Crippen molar-refractivity contribution in [2.45, 2.75) is 45.6 Å². The standard InChI is InChI=1S/C9H9BrS.C6H5BrS.C3H5Br/c10-7-2-1-3-9(6-7)11-8-4-5-8;7-5-2-1-3-6(8)4-5;4-3-1-2-3/h1-3,6,8H,4-5H2;1-4,8H;3H,1-2H2. The minimum atomic E-state index is 0.896. The molecule has 0 nitrogen and oxygen atoms in total. The van der Waals surface area contributed by atoms with Crippen molar-refractivity contribution in [3.05, 3.63) is 57.5 Å². The lowest BCUT2D eigenvalue weighted by atomic mass is 10.4. The van der Waals surface area contributed by atoms with Gasteiger partial charge in [0.2, 0.25) is 0 Å². The fourth-order valence-corrected chi connectivity index (χ4v) is 4.18. The Hall–Kier alpha value is 0.580. The van der Waals surface area contributed by atoms with Crippen LogP contribution in [0.1, 0.15) is 25.7 Å². The normalized spacial score (nSPS) is 15.8. The molecule has 2 aromatic carbocycles. The van der Waals surface area contributed by atoms with Crippen molar-refractivity contribution < 1.29 is 0 Å². The lowest BCUT2D eigenvalue weighted by Gasteiger charge is -1.98. The largest absolute Gasteiger partial charge is 0.143 e. The van der Waals surface area contributed by atoms with Gasteiger partial charge in [0.05, 0.1) is 0 Å². The molecule has 0 spiro atoms. The van der Waals surface area contributed by atoms with Crippen LogP contribution in [0.25, 0.3) is 0 Å². The SMILES string of the molecule is BrC1CC1.Brc1cccc(SC2CC2)c1.Sc1cccc(Br)c1. The lowest BCUT2D eigenvalue weighted by Crippen LogP contribution is -1.74. The van der Waals surface area contributed by atoms with Crippen LogP contribution in [0.3, 0.4) is 0 Å². The summed E-state index contributed by atoms with van der Waals surface area (Å²) < 4.78 is 2.26. The zero-order valence-electron chi connectivity index (χ0n) is 12.6. The smallest absolute Gasteiger partial charge is 0.0186 e. The van der Waals surface area contributed by atoms with Crippen molar-refractivity contribution in [1.82, 2.24) is 0 Å². The van der Waals surface area contributed by atoms with E-state index in [1.165, 1.54) is 35.1 Å². The van der Waals surface area contributed by atoms with Crippen LogP contribution < -0.4 is 0 Å². The van der Waals surface area contributed by atoms with E-state index in [2.05, 4.69) is 84.7 Å². The third-order valence-electron chi connectivity index (χ3n) is 2.94. The van der Waals surface area contributed by atoms with Gasteiger partial charge in [-0.3, -0.25) is 0 Å². The number of hydrogen-bond acceptors (Lipinski definition) is 2. The summed E-state index contributed by atoms with van der Waals surface area (Å²) in [4.78, 5) is 3.27. The highest BCUT2D eigenvalue weighted by Gasteiger charge is 2.22. The average molecular weight is 539 g/mol. The van der Waals surface area contributed by atoms with E-state index in [4.69, 9.17) is 0 Å². The topological polar surface area (TPSA) is 0 Å². The molecule has 23 heavy (non-hydrogen) atoms. The molecule has 0 unspecified atom stereocenters. The maximum absolute atomic E-state index is 4.12. The Morgan fingerprint density at radius 3 is 1.83 bits per heavy atom. The van der Waals surface area contributed by atoms with Crippen LogP contribution in [0, 0.1) is 0 Å². The molecule has 2 aliphatic carbocycles. The molecule has 2 aromatic rings. The molecule has 0 saturated heterocycles. The Balaban J connectivity index is 0.000000140. The molecule has 0 aromatic heterocycles. The molecule has 0 atom stereocenters. The minimum absolute atomic E-state index is 0.896. The zero-order chi connectivity index (χ0) is 16.7. The van der Waals surface area contributed by atoms with Gasteiger partial charge >= 0.3 is 0 Å². The number of halogens is 3. The summed E-state index contributed by atoms with van der Waals surface area (Å²) >= 11 is 16.3. The maximum atomic E-state index is 4.12. The fraction of sp³-hybridized carbons (Fsp3) is 0.333. The van der Waals surface area contributed by atoms with Crippen molar-refractivity contribution in [2.24, 2.45) is 0 Å². The molecular weight excluding hydrogens is 520 g/mol. The Morgan fingerprint density at radius 1 is 0.870 bits per heavy atom. The molecular formula is C18H19Br3S2. The van der Waals surface area contributed by atoms with Gasteiger partial charge in [0.25, 0.3) is 0 Å². The highest BCUT2D eigenvalue weighted by Crippen LogP contribution is 2.39. The van der Waals surface area contributed by atoms with Crippen molar-refractivity contribution >= 4 is 72.2 Å². The second-order valence-corrected chi connectivity index (χ2v) is 10.4. The molecule has 0 aliphatic heterocycles. The highest BCUT2D eigenvalue weighted by atomic mass is 79.9. The number of thioether (sulfide) groups is 1. The maximum Gasteiger partial charge on any atom is 0.0186 e. The molecule has 0 amide bonds. The quantitative estimate of drug-likeness (QED) is 0.298. The predicted octanol–water partition coefficient (Wildman–Crippen LogP) is 7.99. The van der Waals surface area contributed by atoms with Gasteiger partial charge in [-0.1, -0.05) is 59.9 Å². The molecule has 4 rings (SSSR count). The average Bonchev–Trinajstić information content (AvgIpc) is 3.39. The third-order valence-corrected chi connectivity index (χ3v) is 6.45. The van der Waals surface area contributed by atoms with Crippen LogP contribution in [0.15, 0.2) is 67.3 Å². The molecule has 2 saturated carbocycles. The molecule has 124 valence electrons. The van der Waals surface area contributed by atoms with Gasteiger partial charge in [-0.2, -0.15) is 0 Å². The first kappa shape index (κ1) is 19.9. The number of alkyl halides is 1. The molecule has 0 heterocycles. The predicted molar refractivity (Wildman–Crippen MR) is 116 cm³/mol. The van der Waals surface area contributed by atoms with Crippen LogP contribution >= 0.6 is 72.2 Å². The monoisotopic (exact) mass is 536 g/mol. The number of benzene rings is 2. The molecule has 0 bridgehead atoms. The summed E-state index contributed by atoms with van der Waals surface area (Å²) in [5.41, 5.74) is 0. The minimum Gasteiger partial charge on any atom is -0.143 e. The second-order valence-electron chi connectivity index (χ2n) is 5.43. The van der Waals surface area contributed by atoms with Crippen LogP contribution in [0.5, 0.6) is 0 Å². The molecule has 5 heteroatoms. The molecule has 2 fully saturated rings. The van der Waals surface area contributed by atoms with Gasteiger partial charge in [-0.05, 0) is 62.1 Å². The first-order valence-corrected chi connectivity index (χ1v) is 11.4. The van der Waals surface area contributed by atoms with Gasteiger partial charge in [0.1, 0.15) is 0 Å². The van der Waals surface area contributed by atoms with Crippen LogP contribution in [0.2, 0.25) is 0 Å². The van der Waals surface area contributed by atoms with E-state index in [1.807, 2.05) is 36.0 Å². The number of thiol groups is 1. The Morgan fingerprint density at radius 2 is 1.43 bits per heavy atom. The van der Waals surface area contributed by atoms with E-state index in [0.717, 1.165) is 19.4 Å². The van der Waals surface area contributed by atoms with E-state index >= 15 is 0 Å². The summed E-state index contributed by atoms with van der Waals surface area (Å²) in [6.45, 7) is 0. The summed E-state index contributed by atoms with van der Waals surface area (Å²) in [5.74, 6) is 0. The molecule has 0 N–H and O–H groups in total. The van der Waals surface area contributed by atoms with Crippen molar-refractivity contribution in [1.29, 1.82) is 0 Å². The lowest BCUT2D eigenvalue weighted by molar-refractivity contribution is 1.40. The van der Waals surface area contributed by atoms with Crippen molar-refractivity contribution in [2.75, 3.05) is 0 Å². The van der Waals surface area contributed by atoms with E-state index in [0.29, 0.717) is 0 Å². The van der Waals surface area contributed by atoms with Crippen LogP contribution in [-0.4, -0.2) is 10.1 Å². The van der Waals surface area contributed by atoms with Gasteiger partial charge in [-0.15, -0.1) is 24.4 Å². The summed E-state index contributed by atoms with van der Waals surface area (Å²) in [5, 5.41) is 0.907. The summed E-state index contributed by atoms with van der Waals surface area (Å²) in [7, 11) is 0. The van der Waals surface area contributed by atoms with Crippen molar-refractivity contribution in [3.63, 3.8) is 0 Å². The Labute approximate surface area is 174 Å². The second kappa shape index (κ2) is 10.5. The van der Waals surface area contributed by atoms with Crippen LogP contribution in [-0.2, 0) is 0 Å². The van der Waals surface area contributed by atoms with E-state index in [-0.39, 0.29) is 0 Å². The Kier molecular flexibility index (Phi) is 9.12. The first-order chi connectivity index (χ1) is 11.0. The van der Waals surface area contributed by atoms with E-state index in [9.17, 15) is 0 Å². The van der Waals surface area contributed by atoms with Gasteiger partial charge < -0.3 is 0 Å². The van der Waals surface area contributed by atoms with Gasteiger partial charge in [0, 0.05) is 28.8 Å². The van der Waals surface area contributed by atoms with Crippen molar-refractivity contribution in [3.8, 4) is 0 Å². The molecule has 2 aliphatic rings. The van der Waals surface area contributed by atoms with E-state index < -0.39 is 0 Å². The summed E-state index contributed by atoms with van der Waals surface area (Å²) in [6, 6.07) is 16.3. The first-order valence-electron chi connectivity index (χ1n) is 7.54. The number of hydrogen-bond donors (Lipinski definition) is 1. The zero-order valence-corrected chi connectivity index (χ0v) is 19.1. The summed E-state index contributed by atoms with van der Waals surface area (Å²) in [6.07, 6.45) is 5.61. The van der Waals surface area contributed by atoms with Crippen LogP contribution in [0.4, 0.5) is 0 Å². The fourth-order valence-electron chi connectivity index (χ4n) is 1.46. The van der Waals surface area contributed by atoms with Gasteiger partial charge in [0.15, 0.2) is 0 Å². The van der Waals surface area contributed by atoms with E-state index in [1.54, 1.807) is 0 Å². The Bertz CT molecular complexity index is 593. The third kappa shape index (κ3) is 10.2. The highest BCUT2D eigenvalue weighted by molar-refractivity contribution is 9.10. The number of rotatable bonds is 2.